The van der Waals surface area contributed by atoms with Gasteiger partial charge in [-0.2, -0.15) is 0 Å². The number of nitrogens with one attached hydrogen (secondary N) is 1. The van der Waals surface area contributed by atoms with E-state index in [2.05, 4.69) is 113 Å². The van der Waals surface area contributed by atoms with Crippen molar-refractivity contribution in [3.63, 3.8) is 0 Å². The molecule has 1 N–H and O–H groups in total. The minimum atomic E-state index is 0.754. The number of aromatic amines is 1. The molecule has 0 saturated carbocycles. The van der Waals surface area contributed by atoms with Crippen molar-refractivity contribution in [2.75, 3.05) is 4.90 Å². The van der Waals surface area contributed by atoms with Gasteiger partial charge in [0.05, 0.1) is 16.9 Å². The summed E-state index contributed by atoms with van der Waals surface area (Å²) in [4.78, 5) is 15.8. The van der Waals surface area contributed by atoms with Crippen LogP contribution in [-0.2, 0) is 0 Å². The van der Waals surface area contributed by atoms with Gasteiger partial charge in [0.25, 0.3) is 0 Å². The van der Waals surface area contributed by atoms with Gasteiger partial charge in [-0.3, -0.25) is 4.90 Å². The minimum Gasteiger partial charge on any atom is -0.454 e. The molecule has 0 amide bonds. The standard InChI is InChI=1S/C40H26N4O/c1-2-11-26(12-3-1)28-13-5-7-18-35(28)44(38-19-8-9-24-41-38)27-20-22-36-32(25-27)40-37(45-36)23-21-34(43-40)31-16-10-15-30-29-14-4-6-17-33(29)42-39(30)31/h1-25,42H. The second-order valence-corrected chi connectivity index (χ2v) is 11.1. The molecule has 0 aliphatic rings. The van der Waals surface area contributed by atoms with Crippen LogP contribution in [0.1, 0.15) is 0 Å². The van der Waals surface area contributed by atoms with Gasteiger partial charge in [-0.05, 0) is 60.2 Å². The van der Waals surface area contributed by atoms with Crippen molar-refractivity contribution >= 4 is 61.1 Å². The molecule has 5 heteroatoms. The lowest BCUT2D eigenvalue weighted by Crippen LogP contribution is -2.12. The highest BCUT2D eigenvalue weighted by atomic mass is 16.3. The molecule has 45 heavy (non-hydrogen) atoms. The van der Waals surface area contributed by atoms with Gasteiger partial charge in [0.2, 0.25) is 0 Å². The molecule has 9 aromatic rings. The van der Waals surface area contributed by atoms with Crippen LogP contribution >= 0.6 is 0 Å². The van der Waals surface area contributed by atoms with Crippen molar-refractivity contribution in [3.8, 4) is 22.4 Å². The van der Waals surface area contributed by atoms with E-state index in [1.807, 2.05) is 48.7 Å². The molecule has 0 saturated heterocycles. The summed E-state index contributed by atoms with van der Waals surface area (Å²) in [5.41, 5.74) is 10.8. The third-order valence-electron chi connectivity index (χ3n) is 8.48. The monoisotopic (exact) mass is 578 g/mol. The minimum absolute atomic E-state index is 0.754. The SMILES string of the molecule is c1ccc(-c2ccccc2N(c2ccc3oc4ccc(-c5cccc6c5[nH]c5ccccc56)nc4c3c2)c2ccccn2)cc1. The van der Waals surface area contributed by atoms with Crippen molar-refractivity contribution in [1.82, 2.24) is 15.0 Å². The van der Waals surface area contributed by atoms with Crippen LogP contribution in [0, 0.1) is 0 Å². The molecule has 0 radical (unpaired) electrons. The van der Waals surface area contributed by atoms with E-state index in [1.54, 1.807) is 0 Å². The summed E-state index contributed by atoms with van der Waals surface area (Å²) in [7, 11) is 0. The second kappa shape index (κ2) is 10.2. The second-order valence-electron chi connectivity index (χ2n) is 11.1. The lowest BCUT2D eigenvalue weighted by Gasteiger charge is -2.26. The number of H-pyrrole nitrogens is 1. The van der Waals surface area contributed by atoms with Gasteiger partial charge in [0, 0.05) is 44.7 Å². The highest BCUT2D eigenvalue weighted by molar-refractivity contribution is 6.12. The van der Waals surface area contributed by atoms with Gasteiger partial charge >= 0.3 is 0 Å². The number of para-hydroxylation sites is 3. The van der Waals surface area contributed by atoms with E-state index < -0.39 is 0 Å². The van der Waals surface area contributed by atoms with Crippen molar-refractivity contribution in [3.05, 3.63) is 152 Å². The molecule has 5 nitrogen and oxygen atoms in total. The zero-order valence-corrected chi connectivity index (χ0v) is 24.2. The molecule has 4 aromatic heterocycles. The first kappa shape index (κ1) is 25.3. The predicted molar refractivity (Wildman–Crippen MR) is 184 cm³/mol. The number of hydrogen-bond donors (Lipinski definition) is 1. The number of anilines is 3. The summed E-state index contributed by atoms with van der Waals surface area (Å²) in [6, 6.07) is 50.1. The molecular formula is C40H26N4O. The number of furan rings is 1. The number of fused-ring (bicyclic) bond motifs is 6. The molecular weight excluding hydrogens is 552 g/mol. The largest absolute Gasteiger partial charge is 0.454 e. The van der Waals surface area contributed by atoms with Crippen molar-refractivity contribution in [2.45, 2.75) is 0 Å². The number of benzene rings is 5. The Labute approximate surface area is 259 Å². The number of rotatable bonds is 5. The fraction of sp³-hybridized carbons (Fsp3) is 0. The number of nitrogens with zero attached hydrogens (tertiary/aromatic N) is 3. The van der Waals surface area contributed by atoms with Crippen LogP contribution in [0.5, 0.6) is 0 Å². The average molecular weight is 579 g/mol. The first-order chi connectivity index (χ1) is 22.3. The average Bonchev–Trinajstić information content (AvgIpc) is 3.67. The predicted octanol–water partition coefficient (Wildman–Crippen LogP) is 10.8. The Balaban J connectivity index is 1.24. The summed E-state index contributed by atoms with van der Waals surface area (Å²) in [6.07, 6.45) is 1.83. The zero-order valence-electron chi connectivity index (χ0n) is 24.2. The van der Waals surface area contributed by atoms with E-state index in [1.165, 1.54) is 10.8 Å². The number of hydrogen-bond acceptors (Lipinski definition) is 4. The number of aromatic nitrogens is 3. The maximum absolute atomic E-state index is 6.31. The van der Waals surface area contributed by atoms with Gasteiger partial charge in [0.1, 0.15) is 16.9 Å². The van der Waals surface area contributed by atoms with E-state index in [0.29, 0.717) is 0 Å². The normalized spacial score (nSPS) is 11.6. The lowest BCUT2D eigenvalue weighted by atomic mass is 10.0. The Morgan fingerprint density at radius 2 is 1.36 bits per heavy atom. The van der Waals surface area contributed by atoms with E-state index in [0.717, 1.165) is 72.7 Å². The Kier molecular flexibility index (Phi) is 5.74. The molecule has 0 atom stereocenters. The van der Waals surface area contributed by atoms with Crippen LogP contribution in [0.4, 0.5) is 17.2 Å². The molecule has 9 rings (SSSR count). The molecule has 4 heterocycles. The first-order valence-electron chi connectivity index (χ1n) is 15.0. The molecule has 0 aliphatic carbocycles. The maximum Gasteiger partial charge on any atom is 0.153 e. The third kappa shape index (κ3) is 4.17. The zero-order chi connectivity index (χ0) is 29.7. The Bertz CT molecular complexity index is 2500. The van der Waals surface area contributed by atoms with Gasteiger partial charge < -0.3 is 9.40 Å². The summed E-state index contributed by atoms with van der Waals surface area (Å²) in [6.45, 7) is 0. The third-order valence-corrected chi connectivity index (χ3v) is 8.48. The summed E-state index contributed by atoms with van der Waals surface area (Å²) in [5.74, 6) is 0.826. The summed E-state index contributed by atoms with van der Waals surface area (Å²) in [5, 5.41) is 3.35. The maximum atomic E-state index is 6.31. The molecule has 212 valence electrons. The molecule has 0 bridgehead atoms. The van der Waals surface area contributed by atoms with Crippen molar-refractivity contribution < 1.29 is 4.42 Å². The van der Waals surface area contributed by atoms with Crippen LogP contribution < -0.4 is 4.90 Å². The van der Waals surface area contributed by atoms with Crippen molar-refractivity contribution in [2.24, 2.45) is 0 Å². The van der Waals surface area contributed by atoms with Crippen LogP contribution in [0.3, 0.4) is 0 Å². The highest BCUT2D eigenvalue weighted by Crippen LogP contribution is 2.42. The molecule has 0 unspecified atom stereocenters. The van der Waals surface area contributed by atoms with Crippen LogP contribution in [0.15, 0.2) is 156 Å². The van der Waals surface area contributed by atoms with Crippen LogP contribution in [-0.4, -0.2) is 15.0 Å². The molecule has 5 aromatic carbocycles. The molecule has 0 aliphatic heterocycles. The first-order valence-corrected chi connectivity index (χ1v) is 15.0. The van der Waals surface area contributed by atoms with Gasteiger partial charge in [-0.25, -0.2) is 9.97 Å². The van der Waals surface area contributed by atoms with Gasteiger partial charge in [-0.15, -0.1) is 0 Å². The Morgan fingerprint density at radius 3 is 2.27 bits per heavy atom. The Morgan fingerprint density at radius 1 is 0.578 bits per heavy atom. The van der Waals surface area contributed by atoms with E-state index >= 15 is 0 Å². The van der Waals surface area contributed by atoms with E-state index in [9.17, 15) is 0 Å². The van der Waals surface area contributed by atoms with Crippen LogP contribution in [0.2, 0.25) is 0 Å². The highest BCUT2D eigenvalue weighted by Gasteiger charge is 2.20. The summed E-state index contributed by atoms with van der Waals surface area (Å²) < 4.78 is 6.31. The fourth-order valence-corrected chi connectivity index (χ4v) is 6.42. The van der Waals surface area contributed by atoms with Crippen LogP contribution in [0.25, 0.3) is 66.3 Å². The molecule has 0 fully saturated rings. The fourth-order valence-electron chi connectivity index (χ4n) is 6.42. The van der Waals surface area contributed by atoms with E-state index in [4.69, 9.17) is 14.4 Å². The lowest BCUT2D eigenvalue weighted by molar-refractivity contribution is 0.668. The van der Waals surface area contributed by atoms with Gasteiger partial charge in [-0.1, -0.05) is 91.0 Å². The number of pyridine rings is 2. The quantitative estimate of drug-likeness (QED) is 0.221. The Hall–Kier alpha value is -6.20. The van der Waals surface area contributed by atoms with Crippen molar-refractivity contribution in [1.29, 1.82) is 0 Å². The van der Waals surface area contributed by atoms with Gasteiger partial charge in [0.15, 0.2) is 5.58 Å². The smallest absolute Gasteiger partial charge is 0.153 e. The molecule has 0 spiro atoms. The topological polar surface area (TPSA) is 58.0 Å². The summed E-state index contributed by atoms with van der Waals surface area (Å²) >= 11 is 0. The van der Waals surface area contributed by atoms with E-state index in [-0.39, 0.29) is 0 Å².